The lowest BCUT2D eigenvalue weighted by atomic mass is 10.3. The number of rotatable bonds is 5. The number of carbonyl (C=O) groups is 1. The van der Waals surface area contributed by atoms with Gasteiger partial charge in [-0.3, -0.25) is 5.32 Å². The van der Waals surface area contributed by atoms with Crippen molar-refractivity contribution in [3.8, 4) is 0 Å². The van der Waals surface area contributed by atoms with E-state index in [9.17, 15) is 4.79 Å². The summed E-state index contributed by atoms with van der Waals surface area (Å²) in [7, 11) is 0. The van der Waals surface area contributed by atoms with Gasteiger partial charge < -0.3 is 9.47 Å². The van der Waals surface area contributed by atoms with Crippen molar-refractivity contribution < 1.29 is 14.3 Å². The molecule has 6 heteroatoms. The van der Waals surface area contributed by atoms with Crippen LogP contribution in [0.1, 0.15) is 6.92 Å². The fourth-order valence-corrected chi connectivity index (χ4v) is 1.43. The van der Waals surface area contributed by atoms with Crippen LogP contribution in [0.4, 0.5) is 10.5 Å². The highest BCUT2D eigenvalue weighted by Gasteiger charge is 2.08. The Kier molecular flexibility index (Phi) is 6.11. The van der Waals surface area contributed by atoms with Crippen molar-refractivity contribution >= 4 is 35.0 Å². The van der Waals surface area contributed by atoms with Gasteiger partial charge in [0.2, 0.25) is 0 Å². The minimum Gasteiger partial charge on any atom is -0.447 e. The maximum atomic E-state index is 11.3. The van der Waals surface area contributed by atoms with E-state index in [1.165, 1.54) is 0 Å². The van der Waals surface area contributed by atoms with Crippen molar-refractivity contribution in [2.45, 2.75) is 6.92 Å². The summed E-state index contributed by atoms with van der Waals surface area (Å²) in [6.45, 7) is 3.02. The minimum absolute atomic E-state index is 0.192. The van der Waals surface area contributed by atoms with Gasteiger partial charge in [0.1, 0.15) is 6.61 Å². The number of amides is 1. The highest BCUT2D eigenvalue weighted by Crippen LogP contribution is 2.29. The van der Waals surface area contributed by atoms with E-state index in [4.69, 9.17) is 32.7 Å². The summed E-state index contributed by atoms with van der Waals surface area (Å²) < 4.78 is 9.89. The number of hydrogen-bond donors (Lipinski definition) is 1. The summed E-state index contributed by atoms with van der Waals surface area (Å²) in [5, 5.41) is 3.16. The van der Waals surface area contributed by atoms with E-state index in [-0.39, 0.29) is 11.6 Å². The van der Waals surface area contributed by atoms with Gasteiger partial charge in [-0.1, -0.05) is 29.3 Å². The van der Waals surface area contributed by atoms with Crippen LogP contribution in [-0.2, 0) is 9.47 Å². The SMILES string of the molecule is CCOCCOC(=O)Nc1cccc(Cl)c1Cl. The Balaban J connectivity index is 2.43. The zero-order valence-electron chi connectivity index (χ0n) is 9.33. The van der Waals surface area contributed by atoms with Gasteiger partial charge >= 0.3 is 6.09 Å². The van der Waals surface area contributed by atoms with Gasteiger partial charge in [-0.05, 0) is 19.1 Å². The summed E-state index contributed by atoms with van der Waals surface area (Å²) in [4.78, 5) is 11.3. The van der Waals surface area contributed by atoms with Crippen molar-refractivity contribution in [1.82, 2.24) is 0 Å². The average molecular weight is 278 g/mol. The maximum Gasteiger partial charge on any atom is 0.411 e. The number of halogens is 2. The predicted octanol–water partition coefficient (Wildman–Crippen LogP) is 3.58. The quantitative estimate of drug-likeness (QED) is 0.837. The Morgan fingerprint density at radius 1 is 1.35 bits per heavy atom. The normalized spacial score (nSPS) is 10.1. The Morgan fingerprint density at radius 2 is 2.12 bits per heavy atom. The number of hydrogen-bond acceptors (Lipinski definition) is 3. The number of benzene rings is 1. The van der Waals surface area contributed by atoms with Crippen LogP contribution >= 0.6 is 23.2 Å². The van der Waals surface area contributed by atoms with Crippen molar-refractivity contribution in [3.05, 3.63) is 28.2 Å². The third-order valence-corrected chi connectivity index (χ3v) is 2.67. The van der Waals surface area contributed by atoms with Gasteiger partial charge in [0, 0.05) is 6.61 Å². The van der Waals surface area contributed by atoms with Crippen LogP contribution in [0.25, 0.3) is 0 Å². The summed E-state index contributed by atoms with van der Waals surface area (Å²) in [6, 6.07) is 4.96. The van der Waals surface area contributed by atoms with Crippen LogP contribution in [0.5, 0.6) is 0 Å². The molecule has 0 aromatic heterocycles. The van der Waals surface area contributed by atoms with E-state index < -0.39 is 6.09 Å². The number of anilines is 1. The van der Waals surface area contributed by atoms with E-state index in [1.807, 2.05) is 6.92 Å². The smallest absolute Gasteiger partial charge is 0.411 e. The molecule has 0 spiro atoms. The number of nitrogens with one attached hydrogen (secondary N) is 1. The van der Waals surface area contributed by atoms with Gasteiger partial charge in [-0.15, -0.1) is 0 Å². The molecule has 0 radical (unpaired) electrons. The van der Waals surface area contributed by atoms with Crippen LogP contribution in [-0.4, -0.2) is 25.9 Å². The number of ether oxygens (including phenoxy) is 2. The van der Waals surface area contributed by atoms with E-state index in [0.29, 0.717) is 23.9 Å². The molecule has 4 nitrogen and oxygen atoms in total. The first-order chi connectivity index (χ1) is 8.15. The molecule has 1 aromatic rings. The summed E-state index contributed by atoms with van der Waals surface area (Å²) in [5.74, 6) is 0. The molecule has 0 atom stereocenters. The lowest BCUT2D eigenvalue weighted by Gasteiger charge is -2.08. The lowest BCUT2D eigenvalue weighted by molar-refractivity contribution is 0.0850. The largest absolute Gasteiger partial charge is 0.447 e. The van der Waals surface area contributed by atoms with Crippen molar-refractivity contribution in [2.75, 3.05) is 25.1 Å². The molecule has 17 heavy (non-hydrogen) atoms. The van der Waals surface area contributed by atoms with Crippen LogP contribution in [0.3, 0.4) is 0 Å². The van der Waals surface area contributed by atoms with E-state index in [0.717, 1.165) is 0 Å². The molecule has 1 amide bonds. The van der Waals surface area contributed by atoms with Crippen LogP contribution in [0, 0.1) is 0 Å². The zero-order chi connectivity index (χ0) is 12.7. The molecule has 1 aromatic carbocycles. The Hall–Kier alpha value is -0.970. The maximum absolute atomic E-state index is 11.3. The molecular formula is C11H13Cl2NO3. The summed E-state index contributed by atoms with van der Waals surface area (Å²) >= 11 is 11.7. The lowest BCUT2D eigenvalue weighted by Crippen LogP contribution is -2.17. The monoisotopic (exact) mass is 277 g/mol. The molecule has 0 aliphatic carbocycles. The van der Waals surface area contributed by atoms with Gasteiger partial charge in [-0.25, -0.2) is 4.79 Å². The molecule has 0 saturated heterocycles. The third-order valence-electron chi connectivity index (χ3n) is 1.85. The van der Waals surface area contributed by atoms with Crippen molar-refractivity contribution in [1.29, 1.82) is 0 Å². The average Bonchev–Trinajstić information content (AvgIpc) is 2.31. The van der Waals surface area contributed by atoms with Gasteiger partial charge in [0.15, 0.2) is 0 Å². The highest BCUT2D eigenvalue weighted by atomic mass is 35.5. The van der Waals surface area contributed by atoms with Crippen LogP contribution < -0.4 is 5.32 Å². The van der Waals surface area contributed by atoms with E-state index in [1.54, 1.807) is 18.2 Å². The predicted molar refractivity (Wildman–Crippen MR) is 67.9 cm³/mol. The first-order valence-corrected chi connectivity index (χ1v) is 5.86. The van der Waals surface area contributed by atoms with Crippen LogP contribution in [0.15, 0.2) is 18.2 Å². The molecule has 1 N–H and O–H groups in total. The fraction of sp³-hybridized carbons (Fsp3) is 0.364. The van der Waals surface area contributed by atoms with Crippen molar-refractivity contribution in [3.63, 3.8) is 0 Å². The second-order valence-corrected chi connectivity index (χ2v) is 3.84. The van der Waals surface area contributed by atoms with Gasteiger partial charge in [-0.2, -0.15) is 0 Å². The van der Waals surface area contributed by atoms with Crippen LogP contribution in [0.2, 0.25) is 10.0 Å². The Morgan fingerprint density at radius 3 is 2.82 bits per heavy atom. The standard InChI is InChI=1S/C11H13Cl2NO3/c1-2-16-6-7-17-11(15)14-9-5-3-4-8(12)10(9)13/h3-5H,2,6-7H2,1H3,(H,14,15). The Bertz CT molecular complexity index is 385. The van der Waals surface area contributed by atoms with Gasteiger partial charge in [0.25, 0.3) is 0 Å². The molecule has 0 aliphatic heterocycles. The summed E-state index contributed by atoms with van der Waals surface area (Å²) in [5.41, 5.74) is 0.417. The van der Waals surface area contributed by atoms with Gasteiger partial charge in [0.05, 0.1) is 22.3 Å². The molecule has 0 unspecified atom stereocenters. The second-order valence-electron chi connectivity index (χ2n) is 3.06. The molecule has 0 heterocycles. The first kappa shape index (κ1) is 14.1. The molecular weight excluding hydrogens is 265 g/mol. The minimum atomic E-state index is -0.589. The fourth-order valence-electron chi connectivity index (χ4n) is 1.08. The molecule has 0 bridgehead atoms. The number of carbonyl (C=O) groups excluding carboxylic acids is 1. The molecule has 94 valence electrons. The highest BCUT2D eigenvalue weighted by molar-refractivity contribution is 6.43. The topological polar surface area (TPSA) is 47.6 Å². The molecule has 0 aliphatic rings. The van der Waals surface area contributed by atoms with E-state index >= 15 is 0 Å². The second kappa shape index (κ2) is 7.37. The molecule has 0 saturated carbocycles. The van der Waals surface area contributed by atoms with Crippen molar-refractivity contribution in [2.24, 2.45) is 0 Å². The Labute approximate surface area is 110 Å². The molecule has 1 rings (SSSR count). The molecule has 0 fully saturated rings. The zero-order valence-corrected chi connectivity index (χ0v) is 10.8. The summed E-state index contributed by atoms with van der Waals surface area (Å²) in [6.07, 6.45) is -0.589. The third kappa shape index (κ3) is 4.81. The van der Waals surface area contributed by atoms with E-state index in [2.05, 4.69) is 5.32 Å². The first-order valence-electron chi connectivity index (χ1n) is 5.10.